The number of rotatable bonds is 2. The zero-order chi connectivity index (χ0) is 9.84. The monoisotopic (exact) mass is 290 g/mol. The number of carbonyl (C=O) groups is 1. The van der Waals surface area contributed by atoms with E-state index in [9.17, 15) is 4.79 Å². The van der Waals surface area contributed by atoms with E-state index in [1.807, 2.05) is 26.0 Å². The number of aromatic nitrogens is 1. The van der Waals surface area contributed by atoms with Gasteiger partial charge in [0.15, 0.2) is 0 Å². The first kappa shape index (κ1) is 10.4. The average molecular weight is 290 g/mol. The molecule has 0 bridgehead atoms. The van der Waals surface area contributed by atoms with Crippen molar-refractivity contribution in [1.29, 1.82) is 0 Å². The van der Waals surface area contributed by atoms with E-state index >= 15 is 0 Å². The van der Waals surface area contributed by atoms with Crippen LogP contribution >= 0.6 is 22.6 Å². The van der Waals surface area contributed by atoms with Gasteiger partial charge < -0.3 is 5.32 Å². The van der Waals surface area contributed by atoms with E-state index in [1.54, 1.807) is 6.20 Å². The Hall–Kier alpha value is -0.650. The van der Waals surface area contributed by atoms with Crippen LogP contribution in [-0.2, 0) is 4.79 Å². The van der Waals surface area contributed by atoms with Crippen LogP contribution in [0.3, 0.4) is 0 Å². The third kappa shape index (κ3) is 3.30. The molecule has 0 fully saturated rings. The van der Waals surface area contributed by atoms with Crippen molar-refractivity contribution in [3.8, 4) is 0 Å². The standard InChI is InChI=1S/C9H11IN2O/c1-6(2)9(13)12-8-5-7(10)3-4-11-8/h3-6H,1-2H3,(H,11,12,13). The second-order valence-corrected chi connectivity index (χ2v) is 4.25. The number of amides is 1. The summed E-state index contributed by atoms with van der Waals surface area (Å²) in [5.41, 5.74) is 0. The molecule has 0 aliphatic heterocycles. The van der Waals surface area contributed by atoms with Gasteiger partial charge in [-0.3, -0.25) is 4.79 Å². The zero-order valence-corrected chi connectivity index (χ0v) is 9.70. The smallest absolute Gasteiger partial charge is 0.228 e. The molecule has 0 radical (unpaired) electrons. The Bertz CT molecular complexity index is 312. The number of hydrogen-bond donors (Lipinski definition) is 1. The highest BCUT2D eigenvalue weighted by Crippen LogP contribution is 2.09. The molecule has 3 nitrogen and oxygen atoms in total. The normalized spacial score (nSPS) is 10.2. The summed E-state index contributed by atoms with van der Waals surface area (Å²) in [6.45, 7) is 3.70. The predicted octanol–water partition coefficient (Wildman–Crippen LogP) is 2.28. The minimum atomic E-state index is -0.0142. The molecule has 4 heteroatoms. The van der Waals surface area contributed by atoms with Gasteiger partial charge in [-0.15, -0.1) is 0 Å². The number of pyridine rings is 1. The molecule has 1 N–H and O–H groups in total. The molecule has 0 aliphatic rings. The van der Waals surface area contributed by atoms with Crippen molar-refractivity contribution >= 4 is 34.3 Å². The minimum absolute atomic E-state index is 0.00509. The summed E-state index contributed by atoms with van der Waals surface area (Å²) in [7, 11) is 0. The number of carbonyl (C=O) groups excluding carboxylic acids is 1. The summed E-state index contributed by atoms with van der Waals surface area (Å²) in [6.07, 6.45) is 1.68. The SMILES string of the molecule is CC(C)C(=O)Nc1cc(I)ccn1. The summed E-state index contributed by atoms with van der Waals surface area (Å²) in [5, 5.41) is 2.73. The molecule has 1 amide bonds. The van der Waals surface area contributed by atoms with Crippen molar-refractivity contribution < 1.29 is 4.79 Å². The van der Waals surface area contributed by atoms with Gasteiger partial charge in [-0.1, -0.05) is 13.8 Å². The van der Waals surface area contributed by atoms with E-state index in [2.05, 4.69) is 32.9 Å². The molecule has 0 aliphatic carbocycles. The molecule has 1 aromatic rings. The Labute approximate surface area is 91.1 Å². The molecular weight excluding hydrogens is 279 g/mol. The zero-order valence-electron chi connectivity index (χ0n) is 7.54. The maximum atomic E-state index is 11.3. The van der Waals surface area contributed by atoms with E-state index in [0.29, 0.717) is 5.82 Å². The largest absolute Gasteiger partial charge is 0.310 e. The van der Waals surface area contributed by atoms with Crippen LogP contribution in [0.2, 0.25) is 0 Å². The molecule has 1 heterocycles. The van der Waals surface area contributed by atoms with Crippen LogP contribution in [0.25, 0.3) is 0 Å². The fourth-order valence-corrected chi connectivity index (χ4v) is 1.20. The summed E-state index contributed by atoms with van der Waals surface area (Å²) in [6, 6.07) is 3.71. The lowest BCUT2D eigenvalue weighted by Crippen LogP contribution is -2.18. The number of anilines is 1. The Morgan fingerprint density at radius 1 is 1.62 bits per heavy atom. The molecule has 0 atom stereocenters. The van der Waals surface area contributed by atoms with E-state index in [0.717, 1.165) is 3.57 Å². The summed E-state index contributed by atoms with van der Waals surface area (Å²) in [5.74, 6) is 0.597. The molecule has 1 rings (SSSR count). The van der Waals surface area contributed by atoms with Gasteiger partial charge in [-0.25, -0.2) is 4.98 Å². The average Bonchev–Trinajstić information content (AvgIpc) is 2.04. The highest BCUT2D eigenvalue weighted by Gasteiger charge is 2.07. The van der Waals surface area contributed by atoms with Crippen molar-refractivity contribution in [1.82, 2.24) is 4.98 Å². The second kappa shape index (κ2) is 4.55. The van der Waals surface area contributed by atoms with Crippen LogP contribution in [0.4, 0.5) is 5.82 Å². The van der Waals surface area contributed by atoms with E-state index < -0.39 is 0 Å². The topological polar surface area (TPSA) is 42.0 Å². The van der Waals surface area contributed by atoms with Gasteiger partial charge in [-0.2, -0.15) is 0 Å². The molecule has 0 saturated carbocycles. The lowest BCUT2D eigenvalue weighted by atomic mass is 10.2. The van der Waals surface area contributed by atoms with Crippen molar-refractivity contribution in [2.45, 2.75) is 13.8 Å². The highest BCUT2D eigenvalue weighted by molar-refractivity contribution is 14.1. The molecule has 0 unspecified atom stereocenters. The number of nitrogens with one attached hydrogen (secondary N) is 1. The van der Waals surface area contributed by atoms with Crippen LogP contribution in [0, 0.1) is 9.49 Å². The third-order valence-corrected chi connectivity index (χ3v) is 2.17. The molecule has 13 heavy (non-hydrogen) atoms. The van der Waals surface area contributed by atoms with Gasteiger partial charge in [-0.05, 0) is 34.7 Å². The van der Waals surface area contributed by atoms with Gasteiger partial charge in [0.05, 0.1) is 0 Å². The first-order chi connectivity index (χ1) is 6.09. The minimum Gasteiger partial charge on any atom is -0.310 e. The molecule has 0 saturated heterocycles. The Morgan fingerprint density at radius 3 is 2.85 bits per heavy atom. The Balaban J connectivity index is 2.69. The molecule has 1 aromatic heterocycles. The lowest BCUT2D eigenvalue weighted by Gasteiger charge is -2.06. The summed E-state index contributed by atoms with van der Waals surface area (Å²) in [4.78, 5) is 15.3. The van der Waals surface area contributed by atoms with Crippen LogP contribution in [0.15, 0.2) is 18.3 Å². The predicted molar refractivity (Wildman–Crippen MR) is 60.4 cm³/mol. The fraction of sp³-hybridized carbons (Fsp3) is 0.333. The second-order valence-electron chi connectivity index (χ2n) is 3.00. The van der Waals surface area contributed by atoms with Crippen molar-refractivity contribution in [3.05, 3.63) is 21.9 Å². The van der Waals surface area contributed by atoms with Crippen LogP contribution in [-0.4, -0.2) is 10.9 Å². The maximum absolute atomic E-state index is 11.3. The molecule has 70 valence electrons. The maximum Gasteiger partial charge on any atom is 0.228 e. The van der Waals surface area contributed by atoms with Gasteiger partial charge >= 0.3 is 0 Å². The van der Waals surface area contributed by atoms with Crippen molar-refractivity contribution in [3.63, 3.8) is 0 Å². The van der Waals surface area contributed by atoms with Crippen LogP contribution in [0.1, 0.15) is 13.8 Å². The molecule has 0 spiro atoms. The van der Waals surface area contributed by atoms with Gasteiger partial charge in [0.1, 0.15) is 5.82 Å². The molecule has 0 aromatic carbocycles. The summed E-state index contributed by atoms with van der Waals surface area (Å²) < 4.78 is 1.06. The van der Waals surface area contributed by atoms with E-state index in [-0.39, 0.29) is 11.8 Å². The summed E-state index contributed by atoms with van der Waals surface area (Å²) >= 11 is 2.18. The first-order valence-electron chi connectivity index (χ1n) is 4.02. The van der Waals surface area contributed by atoms with Gasteiger partial charge in [0.2, 0.25) is 5.91 Å². The van der Waals surface area contributed by atoms with Crippen molar-refractivity contribution in [2.75, 3.05) is 5.32 Å². The number of hydrogen-bond acceptors (Lipinski definition) is 2. The van der Waals surface area contributed by atoms with Crippen LogP contribution < -0.4 is 5.32 Å². The van der Waals surface area contributed by atoms with Crippen molar-refractivity contribution in [2.24, 2.45) is 5.92 Å². The number of nitrogens with zero attached hydrogens (tertiary/aromatic N) is 1. The lowest BCUT2D eigenvalue weighted by molar-refractivity contribution is -0.118. The Morgan fingerprint density at radius 2 is 2.31 bits per heavy atom. The molecular formula is C9H11IN2O. The highest BCUT2D eigenvalue weighted by atomic mass is 127. The van der Waals surface area contributed by atoms with E-state index in [4.69, 9.17) is 0 Å². The van der Waals surface area contributed by atoms with E-state index in [1.165, 1.54) is 0 Å². The quantitative estimate of drug-likeness (QED) is 0.849. The third-order valence-electron chi connectivity index (χ3n) is 1.50. The fourth-order valence-electron chi connectivity index (χ4n) is 0.744. The van der Waals surface area contributed by atoms with Gasteiger partial charge in [0, 0.05) is 15.7 Å². The number of halogens is 1. The van der Waals surface area contributed by atoms with Gasteiger partial charge in [0.25, 0.3) is 0 Å². The first-order valence-corrected chi connectivity index (χ1v) is 5.10. The van der Waals surface area contributed by atoms with Crippen LogP contribution in [0.5, 0.6) is 0 Å². The Kier molecular flexibility index (Phi) is 3.65.